The third-order valence-electron chi connectivity index (χ3n) is 2.94. The van der Waals surface area contributed by atoms with Crippen LogP contribution < -0.4 is 5.32 Å². The number of hydrogen-bond donors (Lipinski definition) is 1. The van der Waals surface area contributed by atoms with E-state index in [2.05, 4.69) is 31.1 Å². The Morgan fingerprint density at radius 2 is 2.35 bits per heavy atom. The van der Waals surface area contributed by atoms with E-state index >= 15 is 0 Å². The molecule has 1 saturated heterocycles. The van der Waals surface area contributed by atoms with Gasteiger partial charge in [-0.1, -0.05) is 13.8 Å². The van der Waals surface area contributed by atoms with E-state index in [1.54, 1.807) is 0 Å². The minimum absolute atomic E-state index is 0.329. The summed E-state index contributed by atoms with van der Waals surface area (Å²) < 4.78 is 5.74. The first kappa shape index (κ1) is 13.0. The summed E-state index contributed by atoms with van der Waals surface area (Å²) in [4.78, 5) is 6.06. The molecule has 1 aliphatic heterocycles. The summed E-state index contributed by atoms with van der Waals surface area (Å²) in [6.45, 7) is 9.38. The predicted octanol–water partition coefficient (Wildman–Crippen LogP) is 2.18. The molecule has 4 heteroatoms. The van der Waals surface area contributed by atoms with Crippen LogP contribution in [0.5, 0.6) is 0 Å². The molecule has 0 aromatic carbocycles. The molecule has 2 rings (SSSR count). The second-order valence-corrected chi connectivity index (χ2v) is 6.28. The quantitative estimate of drug-likeness (QED) is 0.894. The average molecular weight is 254 g/mol. The Morgan fingerprint density at radius 1 is 1.53 bits per heavy atom. The molecule has 1 N–H and O–H groups in total. The summed E-state index contributed by atoms with van der Waals surface area (Å²) in [5, 5.41) is 4.65. The van der Waals surface area contributed by atoms with Gasteiger partial charge in [0.15, 0.2) is 0 Å². The van der Waals surface area contributed by atoms with Crippen molar-refractivity contribution in [2.75, 3.05) is 19.7 Å². The van der Waals surface area contributed by atoms with E-state index in [4.69, 9.17) is 4.74 Å². The monoisotopic (exact) mass is 254 g/mol. The van der Waals surface area contributed by atoms with E-state index in [0.717, 1.165) is 32.5 Å². The normalized spacial score (nSPS) is 21.1. The first-order chi connectivity index (χ1) is 8.15. The maximum absolute atomic E-state index is 5.74. The fourth-order valence-corrected chi connectivity index (χ4v) is 3.42. The highest BCUT2D eigenvalue weighted by Gasteiger charge is 2.17. The second kappa shape index (κ2) is 5.94. The molecule has 17 heavy (non-hydrogen) atoms. The summed E-state index contributed by atoms with van der Waals surface area (Å²) in [6.07, 6.45) is 2.43. The van der Waals surface area contributed by atoms with Gasteiger partial charge in [-0.15, -0.1) is 11.3 Å². The van der Waals surface area contributed by atoms with Crippen molar-refractivity contribution in [1.29, 1.82) is 0 Å². The molecule has 0 radical (unpaired) electrons. The van der Waals surface area contributed by atoms with E-state index in [1.165, 1.54) is 15.6 Å². The van der Waals surface area contributed by atoms with Crippen molar-refractivity contribution < 1.29 is 4.74 Å². The number of morpholine rings is 1. The maximum atomic E-state index is 5.74. The molecular weight excluding hydrogens is 232 g/mol. The summed E-state index contributed by atoms with van der Waals surface area (Å²) in [5.74, 6) is 0.681. The molecule has 1 unspecified atom stereocenters. The van der Waals surface area contributed by atoms with Crippen molar-refractivity contribution >= 4 is 11.3 Å². The fraction of sp³-hybridized carbons (Fsp3) is 0.769. The third kappa shape index (κ3) is 3.76. The summed E-state index contributed by atoms with van der Waals surface area (Å²) in [5.41, 5.74) is 1.19. The topological polar surface area (TPSA) is 34.2 Å². The Bertz CT molecular complexity index is 356. The Hall–Kier alpha value is -0.450. The van der Waals surface area contributed by atoms with Crippen LogP contribution in [0.15, 0.2) is 0 Å². The smallest absolute Gasteiger partial charge is 0.0933 e. The van der Waals surface area contributed by atoms with Crippen molar-refractivity contribution in [1.82, 2.24) is 10.3 Å². The highest BCUT2D eigenvalue weighted by molar-refractivity contribution is 7.11. The van der Waals surface area contributed by atoms with Gasteiger partial charge >= 0.3 is 0 Å². The number of rotatable bonds is 4. The predicted molar refractivity (Wildman–Crippen MR) is 71.7 cm³/mol. The van der Waals surface area contributed by atoms with Crippen molar-refractivity contribution in [2.24, 2.45) is 5.92 Å². The van der Waals surface area contributed by atoms with Gasteiger partial charge in [-0.2, -0.15) is 0 Å². The number of aryl methyl sites for hydroxylation is 1. The largest absolute Gasteiger partial charge is 0.375 e. The highest BCUT2D eigenvalue weighted by atomic mass is 32.1. The van der Waals surface area contributed by atoms with Gasteiger partial charge in [0.2, 0.25) is 0 Å². The molecule has 3 nitrogen and oxygen atoms in total. The van der Waals surface area contributed by atoms with Crippen LogP contribution in [0.4, 0.5) is 0 Å². The van der Waals surface area contributed by atoms with Crippen molar-refractivity contribution in [3.63, 3.8) is 0 Å². The van der Waals surface area contributed by atoms with Gasteiger partial charge in [0, 0.05) is 30.8 Å². The zero-order chi connectivity index (χ0) is 12.3. The van der Waals surface area contributed by atoms with Gasteiger partial charge in [-0.25, -0.2) is 4.98 Å². The molecule has 0 bridgehead atoms. The van der Waals surface area contributed by atoms with Crippen LogP contribution >= 0.6 is 11.3 Å². The van der Waals surface area contributed by atoms with E-state index in [9.17, 15) is 0 Å². The van der Waals surface area contributed by atoms with E-state index in [1.807, 2.05) is 11.3 Å². The molecule has 0 amide bonds. The zero-order valence-electron chi connectivity index (χ0n) is 11.0. The van der Waals surface area contributed by atoms with Crippen LogP contribution in [0.2, 0.25) is 0 Å². The number of thiazole rings is 1. The molecule has 1 fully saturated rings. The van der Waals surface area contributed by atoms with Crippen LogP contribution in [0, 0.1) is 12.8 Å². The van der Waals surface area contributed by atoms with Gasteiger partial charge in [0.05, 0.1) is 23.4 Å². The Balaban J connectivity index is 1.97. The van der Waals surface area contributed by atoms with Crippen LogP contribution in [0.25, 0.3) is 0 Å². The van der Waals surface area contributed by atoms with Gasteiger partial charge in [-0.3, -0.25) is 0 Å². The molecule has 0 aliphatic carbocycles. The first-order valence-corrected chi connectivity index (χ1v) is 7.24. The minimum atomic E-state index is 0.329. The Labute approximate surface area is 108 Å². The van der Waals surface area contributed by atoms with E-state index in [0.29, 0.717) is 12.0 Å². The van der Waals surface area contributed by atoms with E-state index in [-0.39, 0.29) is 0 Å². The standard InChI is InChI=1S/C13H22N2OS/c1-9(2)6-13-15-10(3)12(17-13)7-11-8-14-4-5-16-11/h9,11,14H,4-8H2,1-3H3. The van der Waals surface area contributed by atoms with Gasteiger partial charge in [0.1, 0.15) is 0 Å². The lowest BCUT2D eigenvalue weighted by atomic mass is 10.1. The van der Waals surface area contributed by atoms with E-state index < -0.39 is 0 Å². The SMILES string of the molecule is Cc1nc(CC(C)C)sc1CC1CNCCO1. The summed E-state index contributed by atoms with van der Waals surface area (Å²) in [6, 6.07) is 0. The van der Waals surface area contributed by atoms with Crippen molar-refractivity contribution in [3.05, 3.63) is 15.6 Å². The van der Waals surface area contributed by atoms with Crippen LogP contribution in [0.1, 0.15) is 29.4 Å². The lowest BCUT2D eigenvalue weighted by Crippen LogP contribution is -2.39. The molecule has 0 saturated carbocycles. The summed E-state index contributed by atoms with van der Waals surface area (Å²) in [7, 11) is 0. The van der Waals surface area contributed by atoms with Crippen LogP contribution in [-0.2, 0) is 17.6 Å². The van der Waals surface area contributed by atoms with Crippen LogP contribution in [0.3, 0.4) is 0 Å². The molecule has 1 atom stereocenters. The maximum Gasteiger partial charge on any atom is 0.0933 e. The number of hydrogen-bond acceptors (Lipinski definition) is 4. The van der Waals surface area contributed by atoms with Gasteiger partial charge < -0.3 is 10.1 Å². The lowest BCUT2D eigenvalue weighted by molar-refractivity contribution is 0.0296. The highest BCUT2D eigenvalue weighted by Crippen LogP contribution is 2.23. The number of ether oxygens (including phenoxy) is 1. The van der Waals surface area contributed by atoms with Gasteiger partial charge in [0.25, 0.3) is 0 Å². The summed E-state index contributed by atoms with van der Waals surface area (Å²) >= 11 is 1.86. The molecule has 1 aromatic heterocycles. The molecule has 2 heterocycles. The van der Waals surface area contributed by atoms with Crippen molar-refractivity contribution in [2.45, 2.75) is 39.7 Å². The minimum Gasteiger partial charge on any atom is -0.375 e. The fourth-order valence-electron chi connectivity index (χ4n) is 2.07. The second-order valence-electron chi connectivity index (χ2n) is 5.12. The first-order valence-electron chi connectivity index (χ1n) is 6.42. The number of nitrogens with zero attached hydrogens (tertiary/aromatic N) is 1. The molecule has 1 aromatic rings. The van der Waals surface area contributed by atoms with Crippen LogP contribution in [-0.4, -0.2) is 30.8 Å². The zero-order valence-corrected chi connectivity index (χ0v) is 11.8. The Morgan fingerprint density at radius 3 is 3.00 bits per heavy atom. The van der Waals surface area contributed by atoms with Gasteiger partial charge in [-0.05, 0) is 12.8 Å². The number of nitrogens with one attached hydrogen (secondary N) is 1. The number of aromatic nitrogens is 1. The van der Waals surface area contributed by atoms with Crippen molar-refractivity contribution in [3.8, 4) is 0 Å². The average Bonchev–Trinajstić information content (AvgIpc) is 2.59. The molecule has 0 spiro atoms. The molecule has 96 valence electrons. The third-order valence-corrected chi connectivity index (χ3v) is 4.14. The lowest BCUT2D eigenvalue weighted by Gasteiger charge is -2.23. The Kier molecular flexibility index (Phi) is 4.54. The molecule has 1 aliphatic rings. The molecular formula is C13H22N2OS.